The van der Waals surface area contributed by atoms with Gasteiger partial charge >= 0.3 is 0 Å². The van der Waals surface area contributed by atoms with Crippen LogP contribution in [0.25, 0.3) is 0 Å². The molecule has 0 unspecified atom stereocenters. The summed E-state index contributed by atoms with van der Waals surface area (Å²) in [5, 5.41) is 0.886. The minimum atomic E-state index is 0.680. The molecule has 0 spiro atoms. The first-order valence-corrected chi connectivity index (χ1v) is 6.31. The molecule has 0 heterocycles. The van der Waals surface area contributed by atoms with Crippen molar-refractivity contribution in [2.24, 2.45) is 0 Å². The van der Waals surface area contributed by atoms with Crippen molar-refractivity contribution < 1.29 is 9.47 Å². The van der Waals surface area contributed by atoms with E-state index in [1.807, 2.05) is 6.07 Å². The molecule has 0 amide bonds. The summed E-state index contributed by atoms with van der Waals surface area (Å²) < 4.78 is 10.7. The fourth-order valence-electron chi connectivity index (χ4n) is 1.21. The first kappa shape index (κ1) is 12.7. The normalized spacial score (nSPS) is 10.5. The standard InChI is InChI=1S/C12H17BrO2/c13-7-9-15-11-10-14-8-6-12-4-2-1-3-5-12/h1-5H,6-11H2. The van der Waals surface area contributed by atoms with Crippen molar-refractivity contribution in [1.82, 2.24) is 0 Å². The van der Waals surface area contributed by atoms with Gasteiger partial charge in [0.15, 0.2) is 0 Å². The first-order valence-electron chi connectivity index (χ1n) is 5.19. The first-order chi connectivity index (χ1) is 7.43. The number of rotatable bonds is 8. The van der Waals surface area contributed by atoms with Gasteiger partial charge in [0.2, 0.25) is 0 Å². The number of ether oxygens (including phenoxy) is 2. The summed E-state index contributed by atoms with van der Waals surface area (Å²) in [6, 6.07) is 10.4. The maximum atomic E-state index is 5.44. The van der Waals surface area contributed by atoms with Crippen molar-refractivity contribution in [3.8, 4) is 0 Å². The van der Waals surface area contributed by atoms with E-state index in [2.05, 4.69) is 40.2 Å². The van der Waals surface area contributed by atoms with Crippen LogP contribution in [-0.4, -0.2) is 31.8 Å². The number of benzene rings is 1. The van der Waals surface area contributed by atoms with Gasteiger partial charge in [-0.15, -0.1) is 0 Å². The van der Waals surface area contributed by atoms with Crippen molar-refractivity contribution in [2.75, 3.05) is 31.8 Å². The zero-order chi connectivity index (χ0) is 10.8. The highest BCUT2D eigenvalue weighted by atomic mass is 79.9. The van der Waals surface area contributed by atoms with Gasteiger partial charge in [-0.2, -0.15) is 0 Å². The summed E-state index contributed by atoms with van der Waals surface area (Å²) in [5.74, 6) is 0. The predicted molar refractivity (Wildman–Crippen MR) is 65.6 cm³/mol. The lowest BCUT2D eigenvalue weighted by Gasteiger charge is -2.04. The molecular formula is C12H17BrO2. The van der Waals surface area contributed by atoms with Gasteiger partial charge in [0.1, 0.15) is 0 Å². The second-order valence-electron chi connectivity index (χ2n) is 3.15. The maximum Gasteiger partial charge on any atom is 0.0700 e. The molecule has 0 aliphatic carbocycles. The van der Waals surface area contributed by atoms with E-state index in [1.54, 1.807) is 0 Å². The van der Waals surface area contributed by atoms with Crippen molar-refractivity contribution in [1.29, 1.82) is 0 Å². The molecule has 0 bridgehead atoms. The number of hydrogen-bond donors (Lipinski definition) is 0. The molecule has 3 heteroatoms. The zero-order valence-electron chi connectivity index (χ0n) is 8.82. The third kappa shape index (κ3) is 6.66. The van der Waals surface area contributed by atoms with Crippen molar-refractivity contribution in [3.63, 3.8) is 0 Å². The van der Waals surface area contributed by atoms with Crippen LogP contribution in [0.5, 0.6) is 0 Å². The summed E-state index contributed by atoms with van der Waals surface area (Å²) in [6.45, 7) is 2.88. The largest absolute Gasteiger partial charge is 0.379 e. The molecule has 84 valence electrons. The summed E-state index contributed by atoms with van der Waals surface area (Å²) in [5.41, 5.74) is 1.32. The highest BCUT2D eigenvalue weighted by molar-refractivity contribution is 9.09. The van der Waals surface area contributed by atoms with Gasteiger partial charge in [0, 0.05) is 5.33 Å². The van der Waals surface area contributed by atoms with Crippen LogP contribution >= 0.6 is 15.9 Å². The smallest absolute Gasteiger partial charge is 0.0700 e. The zero-order valence-corrected chi connectivity index (χ0v) is 10.4. The molecule has 0 saturated carbocycles. The van der Waals surface area contributed by atoms with Crippen LogP contribution < -0.4 is 0 Å². The van der Waals surface area contributed by atoms with Gasteiger partial charge < -0.3 is 9.47 Å². The molecule has 2 nitrogen and oxygen atoms in total. The van der Waals surface area contributed by atoms with Gasteiger partial charge in [-0.05, 0) is 12.0 Å². The molecule has 15 heavy (non-hydrogen) atoms. The molecule has 0 fully saturated rings. The van der Waals surface area contributed by atoms with E-state index in [0.29, 0.717) is 13.2 Å². The topological polar surface area (TPSA) is 18.5 Å². The van der Waals surface area contributed by atoms with Gasteiger partial charge in [-0.25, -0.2) is 0 Å². The van der Waals surface area contributed by atoms with E-state index in [1.165, 1.54) is 5.56 Å². The van der Waals surface area contributed by atoms with Gasteiger partial charge in [0.25, 0.3) is 0 Å². The van der Waals surface area contributed by atoms with Gasteiger partial charge in [-0.3, -0.25) is 0 Å². The lowest BCUT2D eigenvalue weighted by molar-refractivity contribution is 0.0553. The van der Waals surface area contributed by atoms with Crippen molar-refractivity contribution in [2.45, 2.75) is 6.42 Å². The van der Waals surface area contributed by atoms with Crippen LogP contribution in [0.4, 0.5) is 0 Å². The molecule has 1 aromatic carbocycles. The molecular weight excluding hydrogens is 256 g/mol. The number of halogens is 1. The van der Waals surface area contributed by atoms with E-state index < -0.39 is 0 Å². The van der Waals surface area contributed by atoms with Gasteiger partial charge in [0.05, 0.1) is 26.4 Å². The average molecular weight is 273 g/mol. The lowest BCUT2D eigenvalue weighted by Crippen LogP contribution is -2.07. The molecule has 0 atom stereocenters. The van der Waals surface area contributed by atoms with E-state index in [4.69, 9.17) is 9.47 Å². The Morgan fingerprint density at radius 3 is 2.20 bits per heavy atom. The molecule has 0 N–H and O–H groups in total. The third-order valence-corrected chi connectivity index (χ3v) is 2.30. The molecule has 1 aromatic rings. The summed E-state index contributed by atoms with van der Waals surface area (Å²) in [7, 11) is 0. The summed E-state index contributed by atoms with van der Waals surface area (Å²) in [6.07, 6.45) is 0.972. The van der Waals surface area contributed by atoms with Crippen molar-refractivity contribution in [3.05, 3.63) is 35.9 Å². The molecule has 0 aromatic heterocycles. The Bertz CT molecular complexity index is 239. The second kappa shape index (κ2) is 8.89. The Balaban J connectivity index is 1.93. The fraction of sp³-hybridized carbons (Fsp3) is 0.500. The van der Waals surface area contributed by atoms with E-state index in [9.17, 15) is 0 Å². The van der Waals surface area contributed by atoms with E-state index in [0.717, 1.165) is 25.0 Å². The Morgan fingerprint density at radius 1 is 0.867 bits per heavy atom. The Hall–Kier alpha value is -0.380. The average Bonchev–Trinajstić information content (AvgIpc) is 2.29. The highest BCUT2D eigenvalue weighted by Gasteiger charge is 1.92. The lowest BCUT2D eigenvalue weighted by atomic mass is 10.2. The van der Waals surface area contributed by atoms with Crippen LogP contribution in [0.15, 0.2) is 30.3 Å². The SMILES string of the molecule is BrCCOCCOCCc1ccccc1. The molecule has 0 saturated heterocycles. The summed E-state index contributed by atoms with van der Waals surface area (Å²) in [4.78, 5) is 0. The minimum absolute atomic E-state index is 0.680. The Morgan fingerprint density at radius 2 is 1.53 bits per heavy atom. The minimum Gasteiger partial charge on any atom is -0.379 e. The fourth-order valence-corrected chi connectivity index (χ4v) is 1.44. The van der Waals surface area contributed by atoms with Crippen molar-refractivity contribution >= 4 is 15.9 Å². The van der Waals surface area contributed by atoms with Crippen LogP contribution in [0.1, 0.15) is 5.56 Å². The predicted octanol–water partition coefficient (Wildman–Crippen LogP) is 2.66. The quantitative estimate of drug-likeness (QED) is 0.535. The molecule has 0 radical (unpaired) electrons. The van der Waals surface area contributed by atoms with Gasteiger partial charge in [-0.1, -0.05) is 46.3 Å². The van der Waals surface area contributed by atoms with E-state index >= 15 is 0 Å². The highest BCUT2D eigenvalue weighted by Crippen LogP contribution is 1.99. The van der Waals surface area contributed by atoms with Crippen LogP contribution in [0.2, 0.25) is 0 Å². The Kier molecular flexibility index (Phi) is 7.52. The summed E-state index contributed by atoms with van der Waals surface area (Å²) >= 11 is 3.30. The maximum absolute atomic E-state index is 5.44. The van der Waals surface area contributed by atoms with E-state index in [-0.39, 0.29) is 0 Å². The van der Waals surface area contributed by atoms with Crippen LogP contribution in [0, 0.1) is 0 Å². The van der Waals surface area contributed by atoms with Crippen LogP contribution in [0.3, 0.4) is 0 Å². The Labute approximate surface area is 99.7 Å². The molecule has 1 rings (SSSR count). The molecule has 0 aliphatic heterocycles. The third-order valence-electron chi connectivity index (χ3n) is 1.97. The number of alkyl halides is 1. The number of hydrogen-bond acceptors (Lipinski definition) is 2. The monoisotopic (exact) mass is 272 g/mol. The second-order valence-corrected chi connectivity index (χ2v) is 3.94. The van der Waals surface area contributed by atoms with Crippen LogP contribution in [-0.2, 0) is 15.9 Å². The molecule has 0 aliphatic rings.